The highest BCUT2D eigenvalue weighted by Gasteiger charge is 2.30. The smallest absolute Gasteiger partial charge is 0.305 e. The lowest BCUT2D eigenvalue weighted by atomic mass is 10.1. The van der Waals surface area contributed by atoms with Gasteiger partial charge in [0.2, 0.25) is 0 Å². The number of para-hydroxylation sites is 2. The lowest BCUT2D eigenvalue weighted by molar-refractivity contribution is 0.255. The summed E-state index contributed by atoms with van der Waals surface area (Å²) in [5.41, 5.74) is 2.24. The minimum Gasteiger partial charge on any atom is -0.305 e. The van der Waals surface area contributed by atoms with E-state index in [1.54, 1.807) is 23.1 Å². The van der Waals surface area contributed by atoms with Crippen LogP contribution in [0.15, 0.2) is 48.5 Å². The molecule has 2 amide bonds. The standard InChI is InChI=1S/C16H15FN2O/c1-11-10-12-6-2-5-9-15(12)19(11)16(20)18-14-8-4-3-7-13(14)17/h2-9,11H,10H2,1H3,(H,18,20). The highest BCUT2D eigenvalue weighted by Crippen LogP contribution is 2.32. The zero-order valence-electron chi connectivity index (χ0n) is 11.1. The van der Waals surface area contributed by atoms with Gasteiger partial charge in [-0.3, -0.25) is 4.90 Å². The van der Waals surface area contributed by atoms with Crippen LogP contribution in [-0.2, 0) is 6.42 Å². The molecule has 1 unspecified atom stereocenters. The Morgan fingerprint density at radius 3 is 2.70 bits per heavy atom. The molecule has 2 aromatic rings. The Morgan fingerprint density at radius 2 is 1.90 bits per heavy atom. The van der Waals surface area contributed by atoms with Crippen molar-refractivity contribution in [1.82, 2.24) is 0 Å². The van der Waals surface area contributed by atoms with Gasteiger partial charge in [0.1, 0.15) is 5.82 Å². The molecule has 0 aromatic heterocycles. The molecule has 0 spiro atoms. The number of urea groups is 1. The van der Waals surface area contributed by atoms with Crippen molar-refractivity contribution in [3.8, 4) is 0 Å². The summed E-state index contributed by atoms with van der Waals surface area (Å²) >= 11 is 0. The molecule has 0 aliphatic carbocycles. The summed E-state index contributed by atoms with van der Waals surface area (Å²) in [5.74, 6) is -0.430. The van der Waals surface area contributed by atoms with Crippen molar-refractivity contribution in [2.24, 2.45) is 0 Å². The molecule has 1 aliphatic rings. The van der Waals surface area contributed by atoms with Crippen LogP contribution in [0.3, 0.4) is 0 Å². The Bertz CT molecular complexity index is 656. The van der Waals surface area contributed by atoms with E-state index in [2.05, 4.69) is 5.32 Å². The van der Waals surface area contributed by atoms with Crippen LogP contribution in [0.1, 0.15) is 12.5 Å². The Balaban J connectivity index is 1.86. The van der Waals surface area contributed by atoms with Crippen LogP contribution in [0.4, 0.5) is 20.6 Å². The lowest BCUT2D eigenvalue weighted by Gasteiger charge is -2.23. The Kier molecular flexibility index (Phi) is 3.14. The van der Waals surface area contributed by atoms with Crippen LogP contribution in [0.25, 0.3) is 0 Å². The predicted molar refractivity (Wildman–Crippen MR) is 77.5 cm³/mol. The van der Waals surface area contributed by atoms with E-state index in [4.69, 9.17) is 0 Å². The van der Waals surface area contributed by atoms with Gasteiger partial charge in [0.05, 0.1) is 5.69 Å². The zero-order chi connectivity index (χ0) is 14.1. The molecule has 4 heteroatoms. The van der Waals surface area contributed by atoms with Gasteiger partial charge in [0, 0.05) is 11.7 Å². The molecule has 3 nitrogen and oxygen atoms in total. The highest BCUT2D eigenvalue weighted by molar-refractivity contribution is 6.03. The number of carbonyl (C=O) groups excluding carboxylic acids is 1. The minimum absolute atomic E-state index is 0.0687. The summed E-state index contributed by atoms with van der Waals surface area (Å²) in [7, 11) is 0. The SMILES string of the molecule is CC1Cc2ccccc2N1C(=O)Nc1ccccc1F. The number of rotatable bonds is 1. The molecular formula is C16H15FN2O. The van der Waals surface area contributed by atoms with Gasteiger partial charge in [-0.1, -0.05) is 30.3 Å². The molecule has 0 saturated carbocycles. The van der Waals surface area contributed by atoms with E-state index < -0.39 is 5.82 Å². The first-order valence-corrected chi connectivity index (χ1v) is 6.59. The minimum atomic E-state index is -0.430. The van der Waals surface area contributed by atoms with E-state index in [-0.39, 0.29) is 17.8 Å². The largest absolute Gasteiger partial charge is 0.326 e. The van der Waals surface area contributed by atoms with Gasteiger partial charge in [0.15, 0.2) is 0 Å². The summed E-state index contributed by atoms with van der Waals surface area (Å²) < 4.78 is 13.6. The monoisotopic (exact) mass is 270 g/mol. The third-order valence-electron chi connectivity index (χ3n) is 3.54. The fraction of sp³-hybridized carbons (Fsp3) is 0.188. The summed E-state index contributed by atoms with van der Waals surface area (Å²) in [4.78, 5) is 14.1. The van der Waals surface area contributed by atoms with Crippen molar-refractivity contribution < 1.29 is 9.18 Å². The van der Waals surface area contributed by atoms with Crippen molar-refractivity contribution >= 4 is 17.4 Å². The van der Waals surface area contributed by atoms with Gasteiger partial charge < -0.3 is 5.32 Å². The van der Waals surface area contributed by atoms with Crippen molar-refractivity contribution in [2.45, 2.75) is 19.4 Å². The maximum atomic E-state index is 13.6. The van der Waals surface area contributed by atoms with Crippen LogP contribution in [0.2, 0.25) is 0 Å². The summed E-state index contributed by atoms with van der Waals surface area (Å²) in [5, 5.41) is 2.64. The zero-order valence-corrected chi connectivity index (χ0v) is 11.1. The lowest BCUT2D eigenvalue weighted by Crippen LogP contribution is -2.39. The molecule has 2 aromatic carbocycles. The molecule has 1 N–H and O–H groups in total. The van der Waals surface area contributed by atoms with Crippen molar-refractivity contribution in [2.75, 3.05) is 10.2 Å². The van der Waals surface area contributed by atoms with E-state index in [1.807, 2.05) is 31.2 Å². The van der Waals surface area contributed by atoms with Crippen LogP contribution in [-0.4, -0.2) is 12.1 Å². The average Bonchev–Trinajstić information content (AvgIpc) is 2.77. The fourth-order valence-corrected chi connectivity index (χ4v) is 2.61. The first kappa shape index (κ1) is 12.7. The molecule has 102 valence electrons. The quantitative estimate of drug-likeness (QED) is 0.839. The molecule has 20 heavy (non-hydrogen) atoms. The van der Waals surface area contributed by atoms with Crippen LogP contribution >= 0.6 is 0 Å². The molecule has 3 rings (SSSR count). The molecule has 1 heterocycles. The number of fused-ring (bicyclic) bond motifs is 1. The number of carbonyl (C=O) groups is 1. The predicted octanol–water partition coefficient (Wildman–Crippen LogP) is 3.81. The van der Waals surface area contributed by atoms with Gasteiger partial charge in [-0.05, 0) is 37.1 Å². The fourth-order valence-electron chi connectivity index (χ4n) is 2.61. The number of hydrogen-bond donors (Lipinski definition) is 1. The first-order chi connectivity index (χ1) is 9.66. The van der Waals surface area contributed by atoms with E-state index in [1.165, 1.54) is 6.07 Å². The number of benzene rings is 2. The Labute approximate surface area is 117 Å². The Hall–Kier alpha value is -2.36. The second kappa shape index (κ2) is 4.96. The van der Waals surface area contributed by atoms with Gasteiger partial charge >= 0.3 is 6.03 Å². The maximum absolute atomic E-state index is 13.6. The number of hydrogen-bond acceptors (Lipinski definition) is 1. The van der Waals surface area contributed by atoms with Crippen molar-refractivity contribution in [3.05, 3.63) is 59.9 Å². The van der Waals surface area contributed by atoms with Gasteiger partial charge in [0.25, 0.3) is 0 Å². The van der Waals surface area contributed by atoms with E-state index >= 15 is 0 Å². The molecule has 0 bridgehead atoms. The molecular weight excluding hydrogens is 255 g/mol. The highest BCUT2D eigenvalue weighted by atomic mass is 19.1. The van der Waals surface area contributed by atoms with Gasteiger partial charge in [-0.25, -0.2) is 9.18 Å². The molecule has 0 saturated heterocycles. The van der Waals surface area contributed by atoms with Gasteiger partial charge in [-0.15, -0.1) is 0 Å². The summed E-state index contributed by atoms with van der Waals surface area (Å²) in [6.07, 6.45) is 0.820. The van der Waals surface area contributed by atoms with Crippen LogP contribution in [0.5, 0.6) is 0 Å². The summed E-state index contributed by atoms with van der Waals surface area (Å²) in [6, 6.07) is 13.7. The topological polar surface area (TPSA) is 32.3 Å². The average molecular weight is 270 g/mol. The molecule has 1 aliphatic heterocycles. The number of amides is 2. The number of halogens is 1. The van der Waals surface area contributed by atoms with Crippen molar-refractivity contribution in [3.63, 3.8) is 0 Å². The second-order valence-electron chi connectivity index (χ2n) is 4.96. The Morgan fingerprint density at radius 1 is 1.20 bits per heavy atom. The number of nitrogens with zero attached hydrogens (tertiary/aromatic N) is 1. The van der Waals surface area contributed by atoms with Crippen LogP contribution in [0, 0.1) is 5.82 Å². The van der Waals surface area contributed by atoms with Gasteiger partial charge in [-0.2, -0.15) is 0 Å². The molecule has 0 fully saturated rings. The van der Waals surface area contributed by atoms with E-state index in [0.29, 0.717) is 0 Å². The second-order valence-corrected chi connectivity index (χ2v) is 4.96. The molecule has 1 atom stereocenters. The van der Waals surface area contributed by atoms with E-state index in [0.717, 1.165) is 17.7 Å². The normalized spacial score (nSPS) is 16.9. The first-order valence-electron chi connectivity index (χ1n) is 6.59. The number of nitrogens with one attached hydrogen (secondary N) is 1. The molecule has 0 radical (unpaired) electrons. The van der Waals surface area contributed by atoms with E-state index in [9.17, 15) is 9.18 Å². The maximum Gasteiger partial charge on any atom is 0.326 e. The van der Waals surface area contributed by atoms with Crippen LogP contribution < -0.4 is 10.2 Å². The number of anilines is 2. The summed E-state index contributed by atoms with van der Waals surface area (Å²) in [6.45, 7) is 1.99. The third-order valence-corrected chi connectivity index (χ3v) is 3.54. The van der Waals surface area contributed by atoms with Crippen molar-refractivity contribution in [1.29, 1.82) is 0 Å². The third kappa shape index (κ3) is 2.13.